The fourth-order valence-corrected chi connectivity index (χ4v) is 15.4. The van der Waals surface area contributed by atoms with E-state index in [4.69, 9.17) is 0 Å². The molecule has 7 aliphatic carbocycles. The summed E-state index contributed by atoms with van der Waals surface area (Å²) in [5.41, 5.74) is 22.3. The van der Waals surface area contributed by atoms with Crippen molar-refractivity contribution in [2.75, 3.05) is 4.90 Å². The van der Waals surface area contributed by atoms with Crippen molar-refractivity contribution in [3.63, 3.8) is 0 Å². The van der Waals surface area contributed by atoms with Gasteiger partial charge in [-0.15, -0.1) is 0 Å². The van der Waals surface area contributed by atoms with Gasteiger partial charge in [0.15, 0.2) is 0 Å². The summed E-state index contributed by atoms with van der Waals surface area (Å²) in [4.78, 5) is 2.69. The van der Waals surface area contributed by atoms with Crippen molar-refractivity contribution in [3.8, 4) is 33.4 Å². The van der Waals surface area contributed by atoms with Gasteiger partial charge < -0.3 is 4.90 Å². The Morgan fingerprint density at radius 3 is 1.97 bits per heavy atom. The maximum Gasteiger partial charge on any atom is 0.0543 e. The molecule has 6 unspecified atom stereocenters. The molecule has 1 nitrogen and oxygen atoms in total. The summed E-state index contributed by atoms with van der Waals surface area (Å²) in [7, 11) is 0. The van der Waals surface area contributed by atoms with Gasteiger partial charge in [-0.2, -0.15) is 0 Å². The molecule has 1 heteroatoms. The Morgan fingerprint density at radius 2 is 1.16 bits per heavy atom. The highest BCUT2D eigenvalue weighted by atomic mass is 15.1. The maximum absolute atomic E-state index is 2.69. The molecule has 13 rings (SSSR count). The van der Waals surface area contributed by atoms with Crippen molar-refractivity contribution in [1.82, 2.24) is 0 Å². The first kappa shape index (κ1) is 34.0. The minimum Gasteiger partial charge on any atom is -0.310 e. The zero-order valence-corrected chi connectivity index (χ0v) is 35.1. The maximum atomic E-state index is 2.69. The summed E-state index contributed by atoms with van der Waals surface area (Å²) in [6, 6.07) is 50.3. The molecular formula is C57H55N. The summed E-state index contributed by atoms with van der Waals surface area (Å²) in [5, 5.41) is 0. The average Bonchev–Trinajstić information content (AvgIpc) is 3.92. The molecule has 0 saturated heterocycles. The Bertz CT molecular complexity index is 2760. The van der Waals surface area contributed by atoms with E-state index < -0.39 is 0 Å². The van der Waals surface area contributed by atoms with Crippen LogP contribution in [0.15, 0.2) is 127 Å². The standard InChI is InChI=1S/C57H55N/c1-53(2)25-26-54(3,4)48-32-39(21-24-45(48)53)58(38-20-22-41-40-15-10-11-16-43(40)55(5,6)47(41)31-38)49-18-12-17-46-52(49)42-29-36(35-13-8-7-9-14-35)19-23-44(42)57(46)50-28-34-27-37-30-51(57)56(37,50)33-34/h7-24,29,31-32,34,37,50-51H,25-28,30,33H2,1-6H3. The predicted octanol–water partition coefficient (Wildman–Crippen LogP) is 14.8. The van der Waals surface area contributed by atoms with Gasteiger partial charge in [0.05, 0.1) is 5.69 Å². The van der Waals surface area contributed by atoms with Crippen LogP contribution in [0, 0.1) is 29.1 Å². The van der Waals surface area contributed by atoms with E-state index in [9.17, 15) is 0 Å². The molecule has 6 aromatic rings. The molecule has 0 heterocycles. The van der Waals surface area contributed by atoms with Crippen molar-refractivity contribution < 1.29 is 0 Å². The summed E-state index contributed by atoms with van der Waals surface area (Å²) in [6.45, 7) is 14.7. The van der Waals surface area contributed by atoms with E-state index >= 15 is 0 Å². The van der Waals surface area contributed by atoms with Gasteiger partial charge in [0.25, 0.3) is 0 Å². The number of hydrogen-bond acceptors (Lipinski definition) is 1. The van der Waals surface area contributed by atoms with Crippen LogP contribution in [0.3, 0.4) is 0 Å². The first-order valence-corrected chi connectivity index (χ1v) is 22.5. The monoisotopic (exact) mass is 753 g/mol. The minimum atomic E-state index is -0.0852. The smallest absolute Gasteiger partial charge is 0.0543 e. The van der Waals surface area contributed by atoms with E-state index in [0.29, 0.717) is 5.41 Å². The van der Waals surface area contributed by atoms with E-state index in [1.807, 2.05) is 0 Å². The highest BCUT2D eigenvalue weighted by Crippen LogP contribution is 2.90. The number of rotatable bonds is 4. The molecule has 6 atom stereocenters. The molecule has 0 radical (unpaired) electrons. The van der Waals surface area contributed by atoms with Gasteiger partial charge in [-0.05, 0) is 176 Å². The molecule has 288 valence electrons. The second-order valence-corrected chi connectivity index (χ2v) is 21.6. The molecule has 58 heavy (non-hydrogen) atoms. The molecule has 0 aromatic heterocycles. The number of hydrogen-bond donors (Lipinski definition) is 0. The summed E-state index contributed by atoms with van der Waals surface area (Å²) >= 11 is 0. The normalized spacial score (nSPS) is 29.7. The second-order valence-electron chi connectivity index (χ2n) is 21.6. The lowest BCUT2D eigenvalue weighted by Gasteiger charge is -2.76. The van der Waals surface area contributed by atoms with Gasteiger partial charge in [-0.3, -0.25) is 0 Å². The average molecular weight is 754 g/mol. The van der Waals surface area contributed by atoms with Gasteiger partial charge in [0, 0.05) is 27.8 Å². The van der Waals surface area contributed by atoms with Crippen LogP contribution in [0.5, 0.6) is 0 Å². The number of nitrogens with zero attached hydrogens (tertiary/aromatic N) is 1. The summed E-state index contributed by atoms with van der Waals surface area (Å²) in [5.74, 6) is 3.42. The van der Waals surface area contributed by atoms with Crippen molar-refractivity contribution >= 4 is 17.1 Å². The van der Waals surface area contributed by atoms with E-state index in [1.165, 1.54) is 111 Å². The van der Waals surface area contributed by atoms with Crippen LogP contribution in [-0.2, 0) is 21.7 Å². The lowest BCUT2D eigenvalue weighted by molar-refractivity contribution is -0.231. The van der Waals surface area contributed by atoms with Crippen molar-refractivity contribution in [3.05, 3.63) is 161 Å². The van der Waals surface area contributed by atoms with Crippen molar-refractivity contribution in [2.24, 2.45) is 29.1 Å². The lowest BCUT2D eigenvalue weighted by atomic mass is 9.27. The predicted molar refractivity (Wildman–Crippen MR) is 240 cm³/mol. The first-order chi connectivity index (χ1) is 27.9. The van der Waals surface area contributed by atoms with Crippen molar-refractivity contribution in [1.29, 1.82) is 0 Å². The highest BCUT2D eigenvalue weighted by molar-refractivity contribution is 5.98. The minimum absolute atomic E-state index is 0.0852. The van der Waals surface area contributed by atoms with Gasteiger partial charge >= 0.3 is 0 Å². The molecule has 2 spiro atoms. The molecular weight excluding hydrogens is 699 g/mol. The van der Waals surface area contributed by atoms with Crippen LogP contribution in [0.25, 0.3) is 33.4 Å². The summed E-state index contributed by atoms with van der Waals surface area (Å²) in [6.07, 6.45) is 8.23. The molecule has 0 aliphatic heterocycles. The van der Waals surface area contributed by atoms with Crippen LogP contribution in [0.4, 0.5) is 17.1 Å². The second kappa shape index (κ2) is 10.8. The first-order valence-electron chi connectivity index (χ1n) is 22.5. The molecule has 0 amide bonds. The molecule has 6 aromatic carbocycles. The SMILES string of the molecule is CC1(C)CCC(C)(C)c2cc(N(c3ccc4c(c3)C(C)(C)c3ccccc3-4)c3cccc4c3-c3cc(-c5ccccc5)ccc3C43C4CC5CC6CC3C64C5)ccc21. The molecule has 2 bridgehead atoms. The van der Waals surface area contributed by atoms with Crippen LogP contribution in [-0.4, -0.2) is 0 Å². The van der Waals surface area contributed by atoms with E-state index in [2.05, 4.69) is 174 Å². The molecule has 4 fully saturated rings. The van der Waals surface area contributed by atoms with E-state index in [0.717, 1.165) is 23.7 Å². The van der Waals surface area contributed by atoms with Gasteiger partial charge in [0.2, 0.25) is 0 Å². The topological polar surface area (TPSA) is 3.24 Å². The van der Waals surface area contributed by atoms with Crippen molar-refractivity contribution in [2.45, 2.75) is 102 Å². The fraction of sp³-hybridized carbons (Fsp3) is 0.368. The van der Waals surface area contributed by atoms with Crippen LogP contribution < -0.4 is 4.90 Å². The van der Waals surface area contributed by atoms with E-state index in [1.54, 1.807) is 11.1 Å². The molecule has 4 saturated carbocycles. The Kier molecular flexibility index (Phi) is 6.36. The third-order valence-corrected chi connectivity index (χ3v) is 18.0. The zero-order chi connectivity index (χ0) is 39.1. The highest BCUT2D eigenvalue weighted by Gasteiger charge is 2.84. The fourth-order valence-electron chi connectivity index (χ4n) is 15.4. The van der Waals surface area contributed by atoms with Gasteiger partial charge in [0.1, 0.15) is 0 Å². The Hall–Kier alpha value is -4.88. The number of benzene rings is 6. The Labute approximate surface area is 345 Å². The van der Waals surface area contributed by atoms with Gasteiger partial charge in [-0.1, -0.05) is 133 Å². The number of fused-ring (bicyclic) bond motifs is 12. The Morgan fingerprint density at radius 1 is 0.483 bits per heavy atom. The lowest BCUT2D eigenvalue weighted by Crippen LogP contribution is -2.73. The Balaban J connectivity index is 1.08. The summed E-state index contributed by atoms with van der Waals surface area (Å²) < 4.78 is 0. The zero-order valence-electron chi connectivity index (χ0n) is 35.1. The largest absolute Gasteiger partial charge is 0.310 e. The third-order valence-electron chi connectivity index (χ3n) is 18.0. The van der Waals surface area contributed by atoms with Crippen LogP contribution >= 0.6 is 0 Å². The molecule has 0 N–H and O–H groups in total. The van der Waals surface area contributed by atoms with Crippen LogP contribution in [0.2, 0.25) is 0 Å². The quantitative estimate of drug-likeness (QED) is 0.173. The van der Waals surface area contributed by atoms with Crippen LogP contribution in [0.1, 0.15) is 113 Å². The van der Waals surface area contributed by atoms with E-state index in [-0.39, 0.29) is 21.7 Å². The van der Waals surface area contributed by atoms with Gasteiger partial charge in [-0.25, -0.2) is 0 Å². The molecule has 7 aliphatic rings. The number of anilines is 3. The third kappa shape index (κ3) is 3.91.